The van der Waals surface area contributed by atoms with Crippen LogP contribution in [0.25, 0.3) is 0 Å². The molecule has 0 bridgehead atoms. The first-order valence-corrected chi connectivity index (χ1v) is 7.92. The average Bonchev–Trinajstić information content (AvgIpc) is 2.58. The highest BCUT2D eigenvalue weighted by molar-refractivity contribution is 5.94. The Labute approximate surface area is 146 Å². The van der Waals surface area contributed by atoms with Crippen LogP contribution in [0.1, 0.15) is 35.3 Å². The molecule has 0 aliphatic rings. The molecule has 0 fully saturated rings. The lowest BCUT2D eigenvalue weighted by Crippen LogP contribution is -2.23. The van der Waals surface area contributed by atoms with Crippen LogP contribution in [0.3, 0.4) is 0 Å². The minimum atomic E-state index is -0.184. The second-order valence-corrected chi connectivity index (χ2v) is 5.67. The molecule has 6 heteroatoms. The highest BCUT2D eigenvalue weighted by atomic mass is 16.2. The fourth-order valence-electron chi connectivity index (χ4n) is 2.25. The molecule has 3 amide bonds. The Morgan fingerprint density at radius 1 is 0.800 bits per heavy atom. The lowest BCUT2D eigenvalue weighted by molar-refractivity contribution is -0.119. The predicted octanol–water partition coefficient (Wildman–Crippen LogP) is 2.21. The number of benzene rings is 2. The minimum absolute atomic E-state index is 0.0942. The molecule has 130 valence electrons. The molecule has 0 aliphatic heterocycles. The van der Waals surface area contributed by atoms with Gasteiger partial charge in [0, 0.05) is 38.2 Å². The highest BCUT2D eigenvalue weighted by Crippen LogP contribution is 2.11. The number of hydrogen-bond acceptors (Lipinski definition) is 3. The van der Waals surface area contributed by atoms with Crippen molar-refractivity contribution in [2.45, 2.75) is 26.9 Å². The Morgan fingerprint density at radius 2 is 1.48 bits per heavy atom. The van der Waals surface area contributed by atoms with Gasteiger partial charge in [-0.3, -0.25) is 14.4 Å². The van der Waals surface area contributed by atoms with Crippen LogP contribution in [0.15, 0.2) is 48.5 Å². The van der Waals surface area contributed by atoms with Gasteiger partial charge in [0.2, 0.25) is 11.8 Å². The summed E-state index contributed by atoms with van der Waals surface area (Å²) in [6.45, 7) is 3.71. The Kier molecular flexibility index (Phi) is 6.28. The van der Waals surface area contributed by atoms with Gasteiger partial charge in [0.25, 0.3) is 5.91 Å². The molecule has 6 nitrogen and oxygen atoms in total. The van der Waals surface area contributed by atoms with E-state index >= 15 is 0 Å². The second-order valence-electron chi connectivity index (χ2n) is 5.67. The summed E-state index contributed by atoms with van der Waals surface area (Å²) in [5.41, 5.74) is 3.06. The summed E-state index contributed by atoms with van der Waals surface area (Å²) in [5.74, 6) is -0.417. The van der Waals surface area contributed by atoms with Crippen LogP contribution in [0.2, 0.25) is 0 Å². The van der Waals surface area contributed by atoms with Crippen LogP contribution in [0.5, 0.6) is 0 Å². The third-order valence-electron chi connectivity index (χ3n) is 3.46. The van der Waals surface area contributed by atoms with Gasteiger partial charge in [-0.1, -0.05) is 24.3 Å². The molecule has 0 unspecified atom stereocenters. The number of amides is 3. The maximum Gasteiger partial charge on any atom is 0.251 e. The van der Waals surface area contributed by atoms with Gasteiger partial charge < -0.3 is 16.0 Å². The Balaban J connectivity index is 1.91. The van der Waals surface area contributed by atoms with Gasteiger partial charge in [-0.15, -0.1) is 0 Å². The fraction of sp³-hybridized carbons (Fsp3) is 0.211. The second kappa shape index (κ2) is 8.63. The number of rotatable bonds is 6. The summed E-state index contributed by atoms with van der Waals surface area (Å²) >= 11 is 0. The zero-order valence-corrected chi connectivity index (χ0v) is 14.3. The molecule has 0 aliphatic carbocycles. The number of nitrogens with one attached hydrogen (secondary N) is 3. The number of hydrogen-bond donors (Lipinski definition) is 3. The van der Waals surface area contributed by atoms with Crippen molar-refractivity contribution >= 4 is 23.4 Å². The maximum absolute atomic E-state index is 12.2. The van der Waals surface area contributed by atoms with E-state index in [4.69, 9.17) is 0 Å². The summed E-state index contributed by atoms with van der Waals surface area (Å²) < 4.78 is 0. The summed E-state index contributed by atoms with van der Waals surface area (Å²) in [7, 11) is 0. The number of anilines is 1. The molecular weight excluding hydrogens is 318 g/mol. The molecule has 0 saturated carbocycles. The van der Waals surface area contributed by atoms with Crippen LogP contribution < -0.4 is 16.0 Å². The average molecular weight is 339 g/mol. The molecule has 0 spiro atoms. The number of carbonyl (C=O) groups is 3. The lowest BCUT2D eigenvalue weighted by atomic mass is 10.1. The van der Waals surface area contributed by atoms with Crippen molar-refractivity contribution in [3.8, 4) is 0 Å². The standard InChI is InChI=1S/C19H21N3O3/c1-13(23)20-11-15-6-8-17(9-7-15)19(25)21-12-16-4-3-5-18(10-16)22-14(2)24/h3-10H,11-12H2,1-2H3,(H,20,23)(H,21,25)(H,22,24). The summed E-state index contributed by atoms with van der Waals surface area (Å²) in [4.78, 5) is 34.2. The van der Waals surface area contributed by atoms with Crippen molar-refractivity contribution in [2.24, 2.45) is 0 Å². The van der Waals surface area contributed by atoms with Crippen LogP contribution in [0.4, 0.5) is 5.69 Å². The third kappa shape index (κ3) is 6.10. The van der Waals surface area contributed by atoms with E-state index in [1.807, 2.05) is 30.3 Å². The zero-order valence-electron chi connectivity index (χ0n) is 14.3. The molecule has 0 atom stereocenters. The quantitative estimate of drug-likeness (QED) is 0.754. The smallest absolute Gasteiger partial charge is 0.251 e. The Bertz CT molecular complexity index is 770. The van der Waals surface area contributed by atoms with Crippen LogP contribution in [-0.2, 0) is 22.7 Å². The van der Waals surface area contributed by atoms with E-state index in [1.54, 1.807) is 18.2 Å². The van der Waals surface area contributed by atoms with E-state index in [9.17, 15) is 14.4 Å². The summed E-state index contributed by atoms with van der Waals surface area (Å²) in [6, 6.07) is 14.4. The van der Waals surface area contributed by atoms with Crippen LogP contribution in [-0.4, -0.2) is 17.7 Å². The minimum Gasteiger partial charge on any atom is -0.352 e. The van der Waals surface area contributed by atoms with Gasteiger partial charge in [-0.25, -0.2) is 0 Å². The first-order chi connectivity index (χ1) is 11.9. The zero-order chi connectivity index (χ0) is 18.2. The van der Waals surface area contributed by atoms with Gasteiger partial charge >= 0.3 is 0 Å². The first-order valence-electron chi connectivity index (χ1n) is 7.92. The van der Waals surface area contributed by atoms with Crippen molar-refractivity contribution in [1.29, 1.82) is 0 Å². The Morgan fingerprint density at radius 3 is 2.12 bits per heavy atom. The van der Waals surface area contributed by atoms with E-state index < -0.39 is 0 Å². The predicted molar refractivity (Wildman–Crippen MR) is 95.9 cm³/mol. The van der Waals surface area contributed by atoms with E-state index in [1.165, 1.54) is 13.8 Å². The molecule has 2 aromatic carbocycles. The monoisotopic (exact) mass is 339 g/mol. The van der Waals surface area contributed by atoms with Crippen molar-refractivity contribution in [1.82, 2.24) is 10.6 Å². The van der Waals surface area contributed by atoms with E-state index in [2.05, 4.69) is 16.0 Å². The van der Waals surface area contributed by atoms with E-state index in [0.717, 1.165) is 11.1 Å². The van der Waals surface area contributed by atoms with Crippen molar-refractivity contribution in [3.63, 3.8) is 0 Å². The van der Waals surface area contributed by atoms with Crippen LogP contribution >= 0.6 is 0 Å². The largest absolute Gasteiger partial charge is 0.352 e. The van der Waals surface area contributed by atoms with Crippen molar-refractivity contribution in [3.05, 3.63) is 65.2 Å². The number of carbonyl (C=O) groups excluding carboxylic acids is 3. The highest BCUT2D eigenvalue weighted by Gasteiger charge is 2.06. The summed E-state index contributed by atoms with van der Waals surface area (Å²) in [6.07, 6.45) is 0. The lowest BCUT2D eigenvalue weighted by Gasteiger charge is -2.08. The van der Waals surface area contributed by atoms with E-state index in [-0.39, 0.29) is 17.7 Å². The van der Waals surface area contributed by atoms with Crippen molar-refractivity contribution in [2.75, 3.05) is 5.32 Å². The topological polar surface area (TPSA) is 87.3 Å². The maximum atomic E-state index is 12.2. The molecule has 0 saturated heterocycles. The van der Waals surface area contributed by atoms with E-state index in [0.29, 0.717) is 24.3 Å². The molecule has 0 heterocycles. The van der Waals surface area contributed by atoms with Gasteiger partial charge in [-0.2, -0.15) is 0 Å². The van der Waals surface area contributed by atoms with Gasteiger partial charge in [0.15, 0.2) is 0 Å². The SMILES string of the molecule is CC(=O)NCc1ccc(C(=O)NCc2cccc(NC(C)=O)c2)cc1. The molecule has 0 radical (unpaired) electrons. The van der Waals surface area contributed by atoms with Gasteiger partial charge in [0.05, 0.1) is 0 Å². The molecule has 0 aromatic heterocycles. The molecule has 2 rings (SSSR count). The third-order valence-corrected chi connectivity index (χ3v) is 3.46. The first kappa shape index (κ1) is 18.2. The van der Waals surface area contributed by atoms with Gasteiger partial charge in [-0.05, 0) is 35.4 Å². The molecule has 25 heavy (non-hydrogen) atoms. The molecule has 2 aromatic rings. The summed E-state index contributed by atoms with van der Waals surface area (Å²) in [5, 5.41) is 8.26. The molecule has 3 N–H and O–H groups in total. The van der Waals surface area contributed by atoms with Gasteiger partial charge in [0.1, 0.15) is 0 Å². The molecular formula is C19H21N3O3. The normalized spacial score (nSPS) is 10.0. The fourth-order valence-corrected chi connectivity index (χ4v) is 2.25. The van der Waals surface area contributed by atoms with Crippen molar-refractivity contribution < 1.29 is 14.4 Å². The van der Waals surface area contributed by atoms with Crippen LogP contribution in [0, 0.1) is 0 Å². The Hall–Kier alpha value is -3.15.